The molecule has 30 heavy (non-hydrogen) atoms. The van der Waals surface area contributed by atoms with Gasteiger partial charge in [0.25, 0.3) is 0 Å². The van der Waals surface area contributed by atoms with Crippen LogP contribution in [0.1, 0.15) is 38.2 Å². The molecule has 2 rings (SSSR count). The largest absolute Gasteiger partial charge is 0.493 e. The molecule has 1 fully saturated rings. The summed E-state index contributed by atoms with van der Waals surface area (Å²) in [6, 6.07) is 8.46. The maximum absolute atomic E-state index is 11.8. The van der Waals surface area contributed by atoms with Gasteiger partial charge in [0.1, 0.15) is 5.75 Å². The van der Waals surface area contributed by atoms with Gasteiger partial charge in [-0.25, -0.2) is 0 Å². The highest BCUT2D eigenvalue weighted by Gasteiger charge is 2.21. The number of nitrogens with zero attached hydrogens (tertiary/aromatic N) is 2. The maximum Gasteiger partial charge on any atom is 0.234 e. The standard InChI is InChI=1S/C22H37N5O2.HI/c1-4-12-24-21(28)17-27-14-10-19(11-15-27)26-22(23-3)25-13-7-16-29-20-9-6-5-8-18(20)2;/h5-6,8-9,19H,4,7,10-17H2,1-3H3,(H,24,28)(H2,23,25,26);1H. The van der Waals surface area contributed by atoms with Crippen molar-refractivity contribution in [1.82, 2.24) is 20.9 Å². The lowest BCUT2D eigenvalue weighted by Gasteiger charge is -2.32. The molecule has 7 nitrogen and oxygen atoms in total. The van der Waals surface area contributed by atoms with Gasteiger partial charge in [0.15, 0.2) is 5.96 Å². The molecular formula is C22H38IN5O2. The van der Waals surface area contributed by atoms with E-state index in [0.29, 0.717) is 19.2 Å². The van der Waals surface area contributed by atoms with E-state index in [9.17, 15) is 4.79 Å². The van der Waals surface area contributed by atoms with Crippen LogP contribution in [0.5, 0.6) is 5.75 Å². The van der Waals surface area contributed by atoms with Crippen LogP contribution >= 0.6 is 24.0 Å². The molecule has 0 radical (unpaired) electrons. The molecule has 1 saturated heterocycles. The lowest BCUT2D eigenvalue weighted by molar-refractivity contribution is -0.122. The number of carbonyl (C=O) groups is 1. The lowest BCUT2D eigenvalue weighted by atomic mass is 10.1. The van der Waals surface area contributed by atoms with E-state index < -0.39 is 0 Å². The lowest BCUT2D eigenvalue weighted by Crippen LogP contribution is -2.50. The minimum atomic E-state index is 0. The Hall–Kier alpha value is -1.55. The number of hydrogen-bond donors (Lipinski definition) is 3. The van der Waals surface area contributed by atoms with E-state index in [0.717, 1.165) is 69.1 Å². The van der Waals surface area contributed by atoms with Crippen molar-refractivity contribution in [3.8, 4) is 5.75 Å². The Labute approximate surface area is 198 Å². The van der Waals surface area contributed by atoms with Gasteiger partial charge in [-0.05, 0) is 44.2 Å². The van der Waals surface area contributed by atoms with Gasteiger partial charge in [-0.15, -0.1) is 24.0 Å². The van der Waals surface area contributed by atoms with Gasteiger partial charge < -0.3 is 20.7 Å². The summed E-state index contributed by atoms with van der Waals surface area (Å²) in [5, 5.41) is 9.81. The normalized spacial score (nSPS) is 15.2. The number of hydrogen-bond acceptors (Lipinski definition) is 4. The number of guanidine groups is 1. The fourth-order valence-corrected chi connectivity index (χ4v) is 3.33. The molecular weight excluding hydrogens is 493 g/mol. The molecule has 3 N–H and O–H groups in total. The van der Waals surface area contributed by atoms with E-state index in [-0.39, 0.29) is 29.9 Å². The third-order valence-corrected chi connectivity index (χ3v) is 5.06. The quantitative estimate of drug-likeness (QED) is 0.187. The molecule has 1 aliphatic heterocycles. The van der Waals surface area contributed by atoms with Crippen LogP contribution in [0.25, 0.3) is 0 Å². The molecule has 0 aromatic heterocycles. The Morgan fingerprint density at radius 3 is 2.60 bits per heavy atom. The first-order valence-electron chi connectivity index (χ1n) is 10.8. The number of benzene rings is 1. The Bertz CT molecular complexity index is 648. The minimum Gasteiger partial charge on any atom is -0.493 e. The predicted octanol–water partition coefficient (Wildman–Crippen LogP) is 2.54. The van der Waals surface area contributed by atoms with E-state index >= 15 is 0 Å². The second-order valence-electron chi connectivity index (χ2n) is 7.51. The molecule has 1 aromatic carbocycles. The number of nitrogens with one attached hydrogen (secondary N) is 3. The molecule has 8 heteroatoms. The predicted molar refractivity (Wildman–Crippen MR) is 134 cm³/mol. The number of piperidine rings is 1. The average Bonchev–Trinajstić information content (AvgIpc) is 2.73. The molecule has 1 heterocycles. The summed E-state index contributed by atoms with van der Waals surface area (Å²) in [5.41, 5.74) is 1.16. The molecule has 0 bridgehead atoms. The molecule has 0 atom stereocenters. The second-order valence-corrected chi connectivity index (χ2v) is 7.51. The van der Waals surface area contributed by atoms with Crippen LogP contribution in [-0.2, 0) is 4.79 Å². The van der Waals surface area contributed by atoms with Crippen LogP contribution in [0.15, 0.2) is 29.3 Å². The van der Waals surface area contributed by atoms with Gasteiger partial charge in [-0.1, -0.05) is 25.1 Å². The van der Waals surface area contributed by atoms with E-state index in [1.165, 1.54) is 0 Å². The van der Waals surface area contributed by atoms with E-state index in [1.54, 1.807) is 7.05 Å². The van der Waals surface area contributed by atoms with E-state index in [2.05, 4.69) is 45.8 Å². The number of para-hydroxylation sites is 1. The first-order valence-corrected chi connectivity index (χ1v) is 10.8. The Morgan fingerprint density at radius 2 is 1.93 bits per heavy atom. The van der Waals surface area contributed by atoms with Gasteiger partial charge >= 0.3 is 0 Å². The molecule has 1 aromatic rings. The van der Waals surface area contributed by atoms with Crippen LogP contribution in [-0.4, -0.2) is 69.2 Å². The van der Waals surface area contributed by atoms with Crippen LogP contribution in [0.4, 0.5) is 0 Å². The van der Waals surface area contributed by atoms with Gasteiger partial charge in [-0.2, -0.15) is 0 Å². The van der Waals surface area contributed by atoms with Crippen molar-refractivity contribution in [2.75, 3.05) is 46.4 Å². The summed E-state index contributed by atoms with van der Waals surface area (Å²) >= 11 is 0. The third-order valence-electron chi connectivity index (χ3n) is 5.06. The Kier molecular flexibility index (Phi) is 13.5. The van der Waals surface area contributed by atoms with Crippen molar-refractivity contribution in [3.63, 3.8) is 0 Å². The smallest absolute Gasteiger partial charge is 0.234 e. The third kappa shape index (κ3) is 9.97. The molecule has 0 saturated carbocycles. The Balaban J connectivity index is 0.00000450. The van der Waals surface area contributed by atoms with Crippen LogP contribution in [0.2, 0.25) is 0 Å². The highest BCUT2D eigenvalue weighted by atomic mass is 127. The van der Waals surface area contributed by atoms with Crippen molar-refractivity contribution in [2.45, 2.75) is 45.6 Å². The van der Waals surface area contributed by atoms with Gasteiger partial charge in [0, 0.05) is 39.3 Å². The molecule has 1 aliphatic rings. The second kappa shape index (κ2) is 15.3. The summed E-state index contributed by atoms with van der Waals surface area (Å²) in [6.45, 7) is 8.72. The van der Waals surface area contributed by atoms with Gasteiger partial charge in [-0.3, -0.25) is 14.7 Å². The molecule has 0 aliphatic carbocycles. The number of ether oxygens (including phenoxy) is 1. The monoisotopic (exact) mass is 531 g/mol. The van der Waals surface area contributed by atoms with Crippen molar-refractivity contribution in [3.05, 3.63) is 29.8 Å². The molecule has 1 amide bonds. The maximum atomic E-state index is 11.8. The fraction of sp³-hybridized carbons (Fsp3) is 0.636. The number of aryl methyl sites for hydroxylation is 1. The number of aliphatic imine (C=N–C) groups is 1. The van der Waals surface area contributed by atoms with E-state index in [1.807, 2.05) is 18.2 Å². The zero-order valence-electron chi connectivity index (χ0n) is 18.6. The number of amides is 1. The summed E-state index contributed by atoms with van der Waals surface area (Å²) in [6.07, 6.45) is 3.90. The van der Waals surface area contributed by atoms with Crippen LogP contribution < -0.4 is 20.7 Å². The Morgan fingerprint density at radius 1 is 1.20 bits per heavy atom. The highest BCUT2D eigenvalue weighted by molar-refractivity contribution is 14.0. The minimum absolute atomic E-state index is 0. The average molecular weight is 531 g/mol. The zero-order chi connectivity index (χ0) is 20.9. The first kappa shape index (κ1) is 26.5. The van der Waals surface area contributed by atoms with Crippen LogP contribution in [0, 0.1) is 6.92 Å². The summed E-state index contributed by atoms with van der Waals surface area (Å²) in [5.74, 6) is 1.91. The van der Waals surface area contributed by atoms with Gasteiger partial charge in [0.05, 0.1) is 13.2 Å². The number of halogens is 1. The summed E-state index contributed by atoms with van der Waals surface area (Å²) in [4.78, 5) is 18.4. The van der Waals surface area contributed by atoms with Crippen molar-refractivity contribution in [1.29, 1.82) is 0 Å². The number of likely N-dealkylation sites (tertiary alicyclic amines) is 1. The number of carbonyl (C=O) groups excluding carboxylic acids is 1. The fourth-order valence-electron chi connectivity index (χ4n) is 3.33. The summed E-state index contributed by atoms with van der Waals surface area (Å²) < 4.78 is 5.83. The molecule has 0 unspecified atom stereocenters. The summed E-state index contributed by atoms with van der Waals surface area (Å²) in [7, 11) is 1.80. The topological polar surface area (TPSA) is 78.0 Å². The van der Waals surface area contributed by atoms with Crippen LogP contribution in [0.3, 0.4) is 0 Å². The van der Waals surface area contributed by atoms with Crippen molar-refractivity contribution >= 4 is 35.8 Å². The van der Waals surface area contributed by atoms with Crippen molar-refractivity contribution < 1.29 is 9.53 Å². The SMILES string of the molecule is CCCNC(=O)CN1CCC(NC(=NC)NCCCOc2ccccc2C)CC1.I. The molecule has 170 valence electrons. The van der Waals surface area contributed by atoms with Crippen molar-refractivity contribution in [2.24, 2.45) is 4.99 Å². The molecule has 0 spiro atoms. The highest BCUT2D eigenvalue weighted by Crippen LogP contribution is 2.16. The number of rotatable bonds is 10. The van der Waals surface area contributed by atoms with Gasteiger partial charge in [0.2, 0.25) is 5.91 Å². The van der Waals surface area contributed by atoms with E-state index in [4.69, 9.17) is 4.74 Å². The zero-order valence-corrected chi connectivity index (χ0v) is 20.9. The first-order chi connectivity index (χ1) is 14.1.